The molecule has 0 spiro atoms. The van der Waals surface area contributed by atoms with Gasteiger partial charge in [-0.2, -0.15) is 4.31 Å². The number of sulfonamides is 1. The average Bonchev–Trinajstić information content (AvgIpc) is 2.52. The van der Waals surface area contributed by atoms with E-state index in [1.807, 2.05) is 13.8 Å². The second-order valence-corrected chi connectivity index (χ2v) is 8.63. The summed E-state index contributed by atoms with van der Waals surface area (Å²) < 4.78 is 26.0. The zero-order chi connectivity index (χ0) is 19.4. The van der Waals surface area contributed by atoms with Gasteiger partial charge in [-0.1, -0.05) is 13.8 Å². The molecule has 0 heterocycles. The van der Waals surface area contributed by atoms with Crippen LogP contribution < -0.4 is 5.32 Å². The maximum atomic E-state index is 12.4. The molecule has 0 aliphatic heterocycles. The van der Waals surface area contributed by atoms with E-state index in [9.17, 15) is 23.1 Å². The number of aliphatic carboxylic acids is 1. The quantitative estimate of drug-likeness (QED) is 0.728. The maximum Gasteiger partial charge on any atom is 0.326 e. The molecule has 0 aliphatic carbocycles. The fourth-order valence-corrected chi connectivity index (χ4v) is 3.52. The summed E-state index contributed by atoms with van der Waals surface area (Å²) in [5.41, 5.74) is 0.209. The van der Waals surface area contributed by atoms with Crippen molar-refractivity contribution in [3.05, 3.63) is 29.8 Å². The van der Waals surface area contributed by atoms with Crippen molar-refractivity contribution in [3.8, 4) is 0 Å². The van der Waals surface area contributed by atoms with Gasteiger partial charge in [0.1, 0.15) is 6.04 Å². The predicted molar refractivity (Wildman–Crippen MR) is 94.9 cm³/mol. The summed E-state index contributed by atoms with van der Waals surface area (Å²) in [4.78, 5) is 23.5. The topological polar surface area (TPSA) is 104 Å². The molecule has 8 heteroatoms. The summed E-state index contributed by atoms with van der Waals surface area (Å²) in [5.74, 6) is -1.53. The van der Waals surface area contributed by atoms with Gasteiger partial charge >= 0.3 is 5.97 Å². The van der Waals surface area contributed by atoms with E-state index in [1.54, 1.807) is 13.8 Å². The summed E-state index contributed by atoms with van der Waals surface area (Å²) in [6, 6.07) is 4.28. The van der Waals surface area contributed by atoms with E-state index in [4.69, 9.17) is 0 Å². The smallest absolute Gasteiger partial charge is 0.326 e. The van der Waals surface area contributed by atoms with Gasteiger partial charge in [0, 0.05) is 18.7 Å². The van der Waals surface area contributed by atoms with Crippen molar-refractivity contribution in [2.75, 3.05) is 7.05 Å². The SMILES string of the molecule is CC(C)C[C@@H](NC(=O)c1ccc(S(=O)(=O)N(C)C(C)C)cc1)C(=O)O. The second kappa shape index (κ2) is 8.44. The second-order valence-electron chi connectivity index (χ2n) is 6.63. The van der Waals surface area contributed by atoms with Crippen LogP contribution in [0, 0.1) is 5.92 Å². The standard InChI is InChI=1S/C17H26N2O5S/c1-11(2)10-15(17(21)22)18-16(20)13-6-8-14(9-7-13)25(23,24)19(5)12(3)4/h6-9,11-12,15H,10H2,1-5H3,(H,18,20)(H,21,22)/t15-/m1/s1. The Labute approximate surface area is 149 Å². The number of carbonyl (C=O) groups is 2. The third kappa shape index (κ3) is 5.54. The zero-order valence-electron chi connectivity index (χ0n) is 15.2. The molecule has 1 aromatic rings. The van der Waals surface area contributed by atoms with Crippen LogP contribution in [0.15, 0.2) is 29.2 Å². The molecule has 0 aromatic heterocycles. The van der Waals surface area contributed by atoms with E-state index < -0.39 is 27.9 Å². The minimum atomic E-state index is -3.63. The molecule has 140 valence electrons. The van der Waals surface area contributed by atoms with E-state index in [1.165, 1.54) is 35.6 Å². The van der Waals surface area contributed by atoms with E-state index in [0.717, 1.165) is 0 Å². The van der Waals surface area contributed by atoms with E-state index in [0.29, 0.717) is 6.42 Å². The van der Waals surface area contributed by atoms with Crippen molar-refractivity contribution in [2.24, 2.45) is 5.92 Å². The molecule has 1 atom stereocenters. The van der Waals surface area contributed by atoms with Gasteiger partial charge in [-0.15, -0.1) is 0 Å². The van der Waals surface area contributed by atoms with Gasteiger partial charge in [0.25, 0.3) is 5.91 Å². The summed E-state index contributed by atoms with van der Waals surface area (Å²) in [5, 5.41) is 11.6. The molecule has 1 aromatic carbocycles. The Morgan fingerprint density at radius 3 is 2.04 bits per heavy atom. The van der Waals surface area contributed by atoms with Gasteiger partial charge in [0.15, 0.2) is 0 Å². The van der Waals surface area contributed by atoms with E-state index in [-0.39, 0.29) is 22.4 Å². The van der Waals surface area contributed by atoms with Crippen LogP contribution in [0.25, 0.3) is 0 Å². The fraction of sp³-hybridized carbons (Fsp3) is 0.529. The highest BCUT2D eigenvalue weighted by Gasteiger charge is 2.24. The number of carboxylic acids is 1. The number of benzene rings is 1. The van der Waals surface area contributed by atoms with Crippen LogP contribution in [0.4, 0.5) is 0 Å². The Morgan fingerprint density at radius 1 is 1.12 bits per heavy atom. The highest BCUT2D eigenvalue weighted by molar-refractivity contribution is 7.89. The van der Waals surface area contributed by atoms with Crippen LogP contribution in [0.3, 0.4) is 0 Å². The van der Waals surface area contributed by atoms with Gasteiger partial charge < -0.3 is 10.4 Å². The molecule has 0 fully saturated rings. The largest absolute Gasteiger partial charge is 0.480 e. The lowest BCUT2D eigenvalue weighted by atomic mass is 10.0. The van der Waals surface area contributed by atoms with Crippen LogP contribution in [-0.4, -0.2) is 48.8 Å². The Balaban J connectivity index is 2.95. The molecule has 7 nitrogen and oxygen atoms in total. The lowest BCUT2D eigenvalue weighted by Gasteiger charge is -2.21. The summed E-state index contributed by atoms with van der Waals surface area (Å²) in [7, 11) is -2.14. The molecule has 0 unspecified atom stereocenters. The lowest BCUT2D eigenvalue weighted by Crippen LogP contribution is -2.41. The van der Waals surface area contributed by atoms with Gasteiger partial charge in [-0.05, 0) is 50.5 Å². The van der Waals surface area contributed by atoms with E-state index >= 15 is 0 Å². The lowest BCUT2D eigenvalue weighted by molar-refractivity contribution is -0.139. The number of carbonyl (C=O) groups excluding carboxylic acids is 1. The molecule has 0 bridgehead atoms. The molecule has 0 saturated heterocycles. The molecule has 0 aliphatic rings. The van der Waals surface area contributed by atoms with Crippen molar-refractivity contribution < 1.29 is 23.1 Å². The molecule has 1 rings (SSSR count). The molecule has 0 radical (unpaired) electrons. The zero-order valence-corrected chi connectivity index (χ0v) is 16.0. The van der Waals surface area contributed by atoms with Crippen molar-refractivity contribution in [1.29, 1.82) is 0 Å². The van der Waals surface area contributed by atoms with Crippen molar-refractivity contribution in [2.45, 2.75) is 51.1 Å². The number of hydrogen-bond acceptors (Lipinski definition) is 4. The number of nitrogens with zero attached hydrogens (tertiary/aromatic N) is 1. The van der Waals surface area contributed by atoms with Crippen LogP contribution in [0.5, 0.6) is 0 Å². The van der Waals surface area contributed by atoms with Crippen molar-refractivity contribution in [1.82, 2.24) is 9.62 Å². The first kappa shape index (κ1) is 21.1. The summed E-state index contributed by atoms with van der Waals surface area (Å²) in [6.45, 7) is 7.26. The van der Waals surface area contributed by atoms with Gasteiger partial charge in [-0.25, -0.2) is 13.2 Å². The molecular formula is C17H26N2O5S. The normalized spacial score (nSPS) is 13.3. The predicted octanol–water partition coefficient (Wildman–Crippen LogP) is 1.94. The molecule has 25 heavy (non-hydrogen) atoms. The Bertz CT molecular complexity index is 711. The third-order valence-corrected chi connectivity index (χ3v) is 5.88. The van der Waals surface area contributed by atoms with Crippen LogP contribution in [0.2, 0.25) is 0 Å². The molecule has 0 saturated carbocycles. The highest BCUT2D eigenvalue weighted by Crippen LogP contribution is 2.17. The fourth-order valence-electron chi connectivity index (χ4n) is 2.16. The van der Waals surface area contributed by atoms with E-state index in [2.05, 4.69) is 5.32 Å². The maximum absolute atomic E-state index is 12.4. The van der Waals surface area contributed by atoms with Crippen molar-refractivity contribution in [3.63, 3.8) is 0 Å². The minimum Gasteiger partial charge on any atom is -0.480 e. The Morgan fingerprint density at radius 2 is 1.64 bits per heavy atom. The number of nitrogens with one attached hydrogen (secondary N) is 1. The van der Waals surface area contributed by atoms with Crippen LogP contribution in [0.1, 0.15) is 44.5 Å². The molecule has 2 N–H and O–H groups in total. The highest BCUT2D eigenvalue weighted by atomic mass is 32.2. The van der Waals surface area contributed by atoms with Gasteiger partial charge in [-0.3, -0.25) is 4.79 Å². The summed E-state index contributed by atoms with van der Waals surface area (Å²) >= 11 is 0. The number of amides is 1. The van der Waals surface area contributed by atoms with Crippen LogP contribution in [-0.2, 0) is 14.8 Å². The Kier molecular flexibility index (Phi) is 7.13. The first-order chi connectivity index (χ1) is 11.5. The van der Waals surface area contributed by atoms with Gasteiger partial charge in [0.2, 0.25) is 10.0 Å². The first-order valence-electron chi connectivity index (χ1n) is 8.08. The third-order valence-electron chi connectivity index (χ3n) is 3.83. The molecular weight excluding hydrogens is 344 g/mol. The summed E-state index contributed by atoms with van der Waals surface area (Å²) in [6.07, 6.45) is 0.312. The minimum absolute atomic E-state index is 0.0808. The average molecular weight is 370 g/mol. The number of hydrogen-bond donors (Lipinski definition) is 2. The van der Waals surface area contributed by atoms with Crippen molar-refractivity contribution >= 4 is 21.9 Å². The Hall–Kier alpha value is -1.93. The van der Waals surface area contributed by atoms with Gasteiger partial charge in [0.05, 0.1) is 4.90 Å². The first-order valence-corrected chi connectivity index (χ1v) is 9.52. The number of rotatable bonds is 8. The van der Waals surface area contributed by atoms with Crippen LogP contribution >= 0.6 is 0 Å². The number of carboxylic acid groups (broad SMARTS) is 1. The monoisotopic (exact) mass is 370 g/mol. The molecule has 1 amide bonds.